The molecule has 1 aromatic heterocycles. The van der Waals surface area contributed by atoms with Crippen molar-refractivity contribution in [1.82, 2.24) is 4.98 Å². The third kappa shape index (κ3) is 4.88. The van der Waals surface area contributed by atoms with Gasteiger partial charge in [0.05, 0.1) is 16.8 Å². The fourth-order valence-corrected chi connectivity index (χ4v) is 3.72. The van der Waals surface area contributed by atoms with Crippen LogP contribution in [0.2, 0.25) is 0 Å². The first-order chi connectivity index (χ1) is 14.3. The Hall–Kier alpha value is -3.13. The minimum atomic E-state index is -1.10. The number of esters is 1. The molecule has 0 saturated heterocycles. The Morgan fingerprint density at radius 2 is 1.80 bits per heavy atom. The summed E-state index contributed by atoms with van der Waals surface area (Å²) in [7, 11) is 0. The number of nitrogens with one attached hydrogen (secondary N) is 1. The van der Waals surface area contributed by atoms with Crippen molar-refractivity contribution in [1.29, 1.82) is 0 Å². The molecule has 0 bridgehead atoms. The van der Waals surface area contributed by atoms with Crippen LogP contribution in [0, 0.1) is 0 Å². The molecule has 0 atom stereocenters. The number of urea groups is 1. The van der Waals surface area contributed by atoms with E-state index in [0.29, 0.717) is 29.7 Å². The van der Waals surface area contributed by atoms with Crippen LogP contribution in [0.15, 0.2) is 48.5 Å². The van der Waals surface area contributed by atoms with Gasteiger partial charge in [0.15, 0.2) is 10.7 Å². The Labute approximate surface area is 179 Å². The Balaban J connectivity index is 1.70. The molecular weight excluding hydrogens is 402 g/mol. The molecule has 0 spiro atoms. The maximum atomic E-state index is 12.8. The van der Waals surface area contributed by atoms with Crippen molar-refractivity contribution >= 4 is 44.4 Å². The van der Waals surface area contributed by atoms with Crippen molar-refractivity contribution in [3.63, 3.8) is 0 Å². The van der Waals surface area contributed by atoms with Gasteiger partial charge in [-0.2, -0.15) is 0 Å². The van der Waals surface area contributed by atoms with Gasteiger partial charge in [0.2, 0.25) is 0 Å². The number of ether oxygens (including phenoxy) is 2. The molecule has 3 rings (SSSR count). The molecule has 2 amide bonds. The van der Waals surface area contributed by atoms with E-state index in [0.717, 1.165) is 10.2 Å². The highest BCUT2D eigenvalue weighted by molar-refractivity contribution is 7.22. The summed E-state index contributed by atoms with van der Waals surface area (Å²) in [5, 5.41) is 3.42. The number of benzene rings is 2. The van der Waals surface area contributed by atoms with E-state index in [1.807, 2.05) is 31.2 Å². The summed E-state index contributed by atoms with van der Waals surface area (Å²) in [5.41, 5.74) is 0.454. The fourth-order valence-electron chi connectivity index (χ4n) is 2.86. The summed E-state index contributed by atoms with van der Waals surface area (Å²) in [6.45, 7) is 7.73. The second-order valence-corrected chi connectivity index (χ2v) is 8.02. The predicted octanol–water partition coefficient (Wildman–Crippen LogP) is 5.08. The number of para-hydroxylation sites is 1. The molecule has 2 aromatic carbocycles. The summed E-state index contributed by atoms with van der Waals surface area (Å²) >= 11 is 1.43. The highest BCUT2D eigenvalue weighted by Gasteiger charge is 2.31. The summed E-state index contributed by atoms with van der Waals surface area (Å²) in [6.07, 6.45) is 0. The number of fused-ring (bicyclic) bond motifs is 1. The molecule has 0 aliphatic rings. The third-order valence-electron chi connectivity index (χ3n) is 4.36. The van der Waals surface area contributed by atoms with Gasteiger partial charge in [0.1, 0.15) is 5.75 Å². The van der Waals surface area contributed by atoms with Gasteiger partial charge in [-0.15, -0.1) is 0 Å². The fraction of sp³-hybridized carbons (Fsp3) is 0.318. The molecule has 0 saturated carbocycles. The molecule has 0 fully saturated rings. The summed E-state index contributed by atoms with van der Waals surface area (Å²) in [5.74, 6) is 0.0823. The Morgan fingerprint density at radius 3 is 2.43 bits per heavy atom. The molecule has 0 aliphatic carbocycles. The first kappa shape index (κ1) is 21.6. The number of hydrogen-bond acceptors (Lipinski definition) is 6. The average Bonchev–Trinajstić information content (AvgIpc) is 3.12. The molecule has 0 radical (unpaired) electrons. The van der Waals surface area contributed by atoms with Crippen LogP contribution in [0.4, 0.5) is 15.6 Å². The van der Waals surface area contributed by atoms with Crippen LogP contribution in [0.25, 0.3) is 10.2 Å². The topological polar surface area (TPSA) is 80.8 Å². The number of carbonyl (C=O) groups is 2. The van der Waals surface area contributed by atoms with Crippen LogP contribution in [0.1, 0.15) is 27.7 Å². The summed E-state index contributed by atoms with van der Waals surface area (Å²) < 4.78 is 11.8. The van der Waals surface area contributed by atoms with Crippen LogP contribution in [0.5, 0.6) is 5.75 Å². The predicted molar refractivity (Wildman–Crippen MR) is 119 cm³/mol. The van der Waals surface area contributed by atoms with E-state index in [1.165, 1.54) is 11.3 Å². The van der Waals surface area contributed by atoms with E-state index in [2.05, 4.69) is 10.3 Å². The zero-order valence-electron chi connectivity index (χ0n) is 17.5. The van der Waals surface area contributed by atoms with Gasteiger partial charge >= 0.3 is 12.0 Å². The van der Waals surface area contributed by atoms with Crippen molar-refractivity contribution in [3.05, 3.63) is 48.5 Å². The molecule has 1 N–H and O–H groups in total. The van der Waals surface area contributed by atoms with Crippen molar-refractivity contribution < 1.29 is 19.1 Å². The highest BCUT2D eigenvalue weighted by Crippen LogP contribution is 2.27. The molecule has 3 aromatic rings. The normalized spacial score (nSPS) is 11.2. The maximum absolute atomic E-state index is 12.8. The van der Waals surface area contributed by atoms with Gasteiger partial charge < -0.3 is 9.47 Å². The number of amides is 2. The van der Waals surface area contributed by atoms with Crippen molar-refractivity contribution in [2.45, 2.75) is 33.3 Å². The number of anilines is 2. The molecule has 158 valence electrons. The van der Waals surface area contributed by atoms with Crippen molar-refractivity contribution in [3.8, 4) is 5.75 Å². The van der Waals surface area contributed by atoms with Crippen LogP contribution in [-0.4, -0.2) is 35.7 Å². The van der Waals surface area contributed by atoms with E-state index < -0.39 is 11.6 Å². The van der Waals surface area contributed by atoms with Crippen LogP contribution < -0.4 is 15.0 Å². The molecule has 0 aliphatic heterocycles. The van der Waals surface area contributed by atoms with Gasteiger partial charge in [-0.05, 0) is 64.1 Å². The SMILES string of the molecule is CCOC(=O)C(C)(C)Oc1ccc(N(CC)C(=O)Nc2nc3ccccc3s2)cc1. The largest absolute Gasteiger partial charge is 0.476 e. The van der Waals surface area contributed by atoms with E-state index in [4.69, 9.17) is 9.47 Å². The minimum Gasteiger partial charge on any atom is -0.476 e. The number of nitrogens with zero attached hydrogens (tertiary/aromatic N) is 2. The van der Waals surface area contributed by atoms with Gasteiger partial charge in [0, 0.05) is 12.2 Å². The monoisotopic (exact) mass is 427 g/mol. The number of carbonyl (C=O) groups excluding carboxylic acids is 2. The average molecular weight is 428 g/mol. The first-order valence-corrected chi connectivity index (χ1v) is 10.6. The summed E-state index contributed by atoms with van der Waals surface area (Å²) in [4.78, 5) is 30.8. The van der Waals surface area contributed by atoms with Crippen molar-refractivity contribution in [2.75, 3.05) is 23.4 Å². The van der Waals surface area contributed by atoms with E-state index in [9.17, 15) is 9.59 Å². The number of aromatic nitrogens is 1. The third-order valence-corrected chi connectivity index (χ3v) is 5.31. The molecule has 0 unspecified atom stereocenters. The lowest BCUT2D eigenvalue weighted by Crippen LogP contribution is -2.39. The van der Waals surface area contributed by atoms with Crippen LogP contribution in [0.3, 0.4) is 0 Å². The van der Waals surface area contributed by atoms with Crippen LogP contribution in [-0.2, 0) is 9.53 Å². The number of hydrogen-bond donors (Lipinski definition) is 1. The Morgan fingerprint density at radius 1 is 1.10 bits per heavy atom. The number of thiazole rings is 1. The van der Waals surface area contributed by atoms with Gasteiger partial charge in [-0.25, -0.2) is 14.6 Å². The first-order valence-electron chi connectivity index (χ1n) is 9.74. The zero-order valence-corrected chi connectivity index (χ0v) is 18.3. The lowest BCUT2D eigenvalue weighted by Gasteiger charge is -2.25. The Kier molecular flexibility index (Phi) is 6.56. The molecule has 1 heterocycles. The molecular formula is C22H25N3O4S. The smallest absolute Gasteiger partial charge is 0.349 e. The molecule has 7 nitrogen and oxygen atoms in total. The zero-order chi connectivity index (χ0) is 21.7. The van der Waals surface area contributed by atoms with Gasteiger partial charge in [-0.3, -0.25) is 10.2 Å². The minimum absolute atomic E-state index is 0.267. The lowest BCUT2D eigenvalue weighted by molar-refractivity contribution is -0.158. The van der Waals surface area contributed by atoms with Gasteiger partial charge in [0.25, 0.3) is 0 Å². The second-order valence-electron chi connectivity index (χ2n) is 6.99. The lowest BCUT2D eigenvalue weighted by atomic mass is 10.1. The van der Waals surface area contributed by atoms with Crippen LogP contribution >= 0.6 is 11.3 Å². The van der Waals surface area contributed by atoms with E-state index in [-0.39, 0.29) is 6.03 Å². The van der Waals surface area contributed by atoms with E-state index >= 15 is 0 Å². The number of rotatable bonds is 7. The Bertz CT molecular complexity index is 997. The second kappa shape index (κ2) is 9.13. The maximum Gasteiger partial charge on any atom is 0.349 e. The molecule has 30 heavy (non-hydrogen) atoms. The highest BCUT2D eigenvalue weighted by atomic mass is 32.1. The quantitative estimate of drug-likeness (QED) is 0.532. The van der Waals surface area contributed by atoms with E-state index in [1.54, 1.807) is 49.9 Å². The summed E-state index contributed by atoms with van der Waals surface area (Å²) in [6, 6.07) is 14.5. The molecule has 8 heteroatoms. The van der Waals surface area contributed by atoms with Gasteiger partial charge in [-0.1, -0.05) is 23.5 Å². The standard InChI is InChI=1S/C22H25N3O4S/c1-5-25(21(27)24-20-23-17-9-7-8-10-18(17)30-20)15-11-13-16(14-12-15)29-22(3,4)19(26)28-6-2/h7-14H,5-6H2,1-4H3,(H,23,24,27). The van der Waals surface area contributed by atoms with Crippen molar-refractivity contribution in [2.24, 2.45) is 0 Å².